The molecule has 0 saturated carbocycles. The maximum Gasteiger partial charge on any atom is 0.165 e. The van der Waals surface area contributed by atoms with Gasteiger partial charge in [-0.05, 0) is 19.0 Å². The lowest BCUT2D eigenvalue weighted by Gasteiger charge is -2.29. The van der Waals surface area contributed by atoms with Crippen molar-refractivity contribution in [3.05, 3.63) is 23.8 Å². The maximum absolute atomic E-state index is 5.36. The summed E-state index contributed by atoms with van der Waals surface area (Å²) in [6.07, 6.45) is 1.17. The number of rotatable bonds is 3. The van der Waals surface area contributed by atoms with Crippen molar-refractivity contribution in [2.45, 2.75) is 12.5 Å². The Hall–Kier alpha value is -1.22. The Morgan fingerprint density at radius 2 is 2.07 bits per heavy atom. The van der Waals surface area contributed by atoms with E-state index in [1.807, 2.05) is 12.1 Å². The van der Waals surface area contributed by atoms with Gasteiger partial charge in [0, 0.05) is 11.6 Å². The predicted octanol–water partition coefficient (Wildman–Crippen LogP) is 1.74. The van der Waals surface area contributed by atoms with Crippen LogP contribution in [0.2, 0.25) is 0 Å². The molecule has 1 aromatic carbocycles. The van der Waals surface area contributed by atoms with Crippen LogP contribution in [-0.2, 0) is 0 Å². The Labute approximate surface area is 84.0 Å². The van der Waals surface area contributed by atoms with Crippen molar-refractivity contribution in [3.8, 4) is 11.5 Å². The first-order chi connectivity index (χ1) is 6.86. The van der Waals surface area contributed by atoms with Crippen molar-refractivity contribution >= 4 is 0 Å². The van der Waals surface area contributed by atoms with Crippen LogP contribution in [0.4, 0.5) is 0 Å². The minimum Gasteiger partial charge on any atom is -0.493 e. The van der Waals surface area contributed by atoms with Crippen LogP contribution in [0.1, 0.15) is 18.0 Å². The van der Waals surface area contributed by atoms with Crippen molar-refractivity contribution in [3.63, 3.8) is 0 Å². The lowest BCUT2D eigenvalue weighted by Crippen LogP contribution is -2.35. The van der Waals surface area contributed by atoms with E-state index in [0.717, 1.165) is 18.0 Å². The summed E-state index contributed by atoms with van der Waals surface area (Å²) in [5.74, 6) is 1.66. The van der Waals surface area contributed by atoms with Crippen LogP contribution in [0.3, 0.4) is 0 Å². The molecule has 1 N–H and O–H groups in total. The highest BCUT2D eigenvalue weighted by atomic mass is 16.5. The van der Waals surface area contributed by atoms with Gasteiger partial charge in [0.25, 0.3) is 0 Å². The van der Waals surface area contributed by atoms with Crippen molar-refractivity contribution in [2.24, 2.45) is 0 Å². The molecule has 1 aliphatic rings. The molecular weight excluding hydrogens is 178 g/mol. The molecule has 0 aliphatic carbocycles. The predicted molar refractivity (Wildman–Crippen MR) is 54.9 cm³/mol. The average Bonchev–Trinajstić information content (AvgIpc) is 2.15. The highest BCUT2D eigenvalue weighted by Crippen LogP contribution is 2.37. The molecule has 0 unspecified atom stereocenters. The first-order valence-electron chi connectivity index (χ1n) is 4.81. The second-order valence-corrected chi connectivity index (χ2v) is 3.38. The molecular formula is C11H15NO2. The normalized spacial score (nSPS) is 20.0. The minimum atomic E-state index is 0.431. The van der Waals surface area contributed by atoms with Gasteiger partial charge in [0.1, 0.15) is 0 Å². The van der Waals surface area contributed by atoms with Crippen LogP contribution in [0.5, 0.6) is 11.5 Å². The molecule has 0 bridgehead atoms. The molecule has 0 spiro atoms. The molecule has 0 amide bonds. The van der Waals surface area contributed by atoms with Gasteiger partial charge in [-0.15, -0.1) is 0 Å². The average molecular weight is 193 g/mol. The molecule has 1 saturated heterocycles. The zero-order chi connectivity index (χ0) is 9.97. The van der Waals surface area contributed by atoms with Crippen molar-refractivity contribution in [2.75, 3.05) is 20.8 Å². The summed E-state index contributed by atoms with van der Waals surface area (Å²) in [6, 6.07) is 6.43. The number of methoxy groups -OCH3 is 2. The number of nitrogens with one attached hydrogen (secondary N) is 1. The molecule has 1 heterocycles. The van der Waals surface area contributed by atoms with Crippen LogP contribution in [0, 0.1) is 0 Å². The van der Waals surface area contributed by atoms with Gasteiger partial charge in [-0.1, -0.05) is 12.1 Å². The molecule has 14 heavy (non-hydrogen) atoms. The molecule has 1 aromatic rings. The van der Waals surface area contributed by atoms with Crippen molar-refractivity contribution < 1.29 is 9.47 Å². The fourth-order valence-electron chi connectivity index (χ4n) is 1.74. The molecule has 1 atom stereocenters. The lowest BCUT2D eigenvalue weighted by molar-refractivity contribution is 0.328. The van der Waals surface area contributed by atoms with Crippen LogP contribution >= 0.6 is 0 Å². The smallest absolute Gasteiger partial charge is 0.165 e. The molecule has 76 valence electrons. The summed E-state index contributed by atoms with van der Waals surface area (Å²) < 4.78 is 10.6. The highest BCUT2D eigenvalue weighted by molar-refractivity contribution is 5.48. The maximum atomic E-state index is 5.36. The number of ether oxygens (including phenoxy) is 2. The van der Waals surface area contributed by atoms with Gasteiger partial charge in [-0.3, -0.25) is 0 Å². The summed E-state index contributed by atoms with van der Waals surface area (Å²) >= 11 is 0. The van der Waals surface area contributed by atoms with Crippen molar-refractivity contribution in [1.82, 2.24) is 5.32 Å². The third kappa shape index (κ3) is 1.44. The highest BCUT2D eigenvalue weighted by Gasteiger charge is 2.23. The van der Waals surface area contributed by atoms with E-state index < -0.39 is 0 Å². The summed E-state index contributed by atoms with van der Waals surface area (Å²) in [6.45, 7) is 1.09. The first-order valence-corrected chi connectivity index (χ1v) is 4.81. The Bertz CT molecular complexity index is 321. The van der Waals surface area contributed by atoms with E-state index in [2.05, 4.69) is 11.4 Å². The second-order valence-electron chi connectivity index (χ2n) is 3.38. The lowest BCUT2D eigenvalue weighted by atomic mass is 9.97. The van der Waals surface area contributed by atoms with E-state index in [9.17, 15) is 0 Å². The molecule has 3 heteroatoms. The molecule has 2 rings (SSSR count). The van der Waals surface area contributed by atoms with E-state index >= 15 is 0 Å². The summed E-state index contributed by atoms with van der Waals surface area (Å²) in [7, 11) is 3.34. The van der Waals surface area contributed by atoms with Crippen molar-refractivity contribution in [1.29, 1.82) is 0 Å². The van der Waals surface area contributed by atoms with Gasteiger partial charge < -0.3 is 14.8 Å². The van der Waals surface area contributed by atoms with E-state index in [1.165, 1.54) is 12.0 Å². The van der Waals surface area contributed by atoms with E-state index in [0.29, 0.717) is 6.04 Å². The van der Waals surface area contributed by atoms with Crippen LogP contribution in [0.15, 0.2) is 18.2 Å². The monoisotopic (exact) mass is 193 g/mol. The molecule has 1 fully saturated rings. The fourth-order valence-corrected chi connectivity index (χ4v) is 1.74. The Balaban J connectivity index is 2.36. The summed E-state index contributed by atoms with van der Waals surface area (Å²) in [5, 5.41) is 3.35. The van der Waals surface area contributed by atoms with Gasteiger partial charge >= 0.3 is 0 Å². The van der Waals surface area contributed by atoms with Crippen LogP contribution < -0.4 is 14.8 Å². The van der Waals surface area contributed by atoms with Gasteiger partial charge in [-0.2, -0.15) is 0 Å². The molecule has 0 radical (unpaired) electrons. The third-order valence-electron chi connectivity index (χ3n) is 2.63. The standard InChI is InChI=1S/C11H15NO2/c1-13-10-5-3-4-8(11(10)14-2)9-6-7-12-9/h3-5,9,12H,6-7H2,1-2H3/t9-/m1/s1. The fraction of sp³-hybridized carbons (Fsp3) is 0.455. The second kappa shape index (κ2) is 3.88. The van der Waals surface area contributed by atoms with Crippen LogP contribution in [0.25, 0.3) is 0 Å². The minimum absolute atomic E-state index is 0.431. The number of hydrogen-bond donors (Lipinski definition) is 1. The Morgan fingerprint density at radius 1 is 1.29 bits per heavy atom. The Kier molecular flexibility index (Phi) is 2.59. The Morgan fingerprint density at radius 3 is 2.57 bits per heavy atom. The van der Waals surface area contributed by atoms with E-state index in [-0.39, 0.29) is 0 Å². The quantitative estimate of drug-likeness (QED) is 0.793. The first kappa shape index (κ1) is 9.34. The number of hydrogen-bond acceptors (Lipinski definition) is 3. The summed E-state index contributed by atoms with van der Waals surface area (Å²) in [5.41, 5.74) is 1.19. The summed E-state index contributed by atoms with van der Waals surface area (Å²) in [4.78, 5) is 0. The largest absolute Gasteiger partial charge is 0.493 e. The van der Waals surface area contributed by atoms with Gasteiger partial charge in [-0.25, -0.2) is 0 Å². The topological polar surface area (TPSA) is 30.5 Å². The molecule has 1 aliphatic heterocycles. The van der Waals surface area contributed by atoms with Gasteiger partial charge in [0.05, 0.1) is 14.2 Å². The van der Waals surface area contributed by atoms with E-state index in [4.69, 9.17) is 9.47 Å². The van der Waals surface area contributed by atoms with Gasteiger partial charge in [0.2, 0.25) is 0 Å². The van der Waals surface area contributed by atoms with Crippen LogP contribution in [-0.4, -0.2) is 20.8 Å². The SMILES string of the molecule is COc1cccc([C@H]2CCN2)c1OC. The third-order valence-corrected chi connectivity index (χ3v) is 2.63. The molecule has 3 nitrogen and oxygen atoms in total. The van der Waals surface area contributed by atoms with E-state index in [1.54, 1.807) is 14.2 Å². The number of benzene rings is 1. The zero-order valence-electron chi connectivity index (χ0n) is 8.54. The zero-order valence-corrected chi connectivity index (χ0v) is 8.54. The number of para-hydroxylation sites is 1. The van der Waals surface area contributed by atoms with Gasteiger partial charge in [0.15, 0.2) is 11.5 Å². The molecule has 0 aromatic heterocycles.